The highest BCUT2D eigenvalue weighted by atomic mass is 127. The van der Waals surface area contributed by atoms with Crippen molar-refractivity contribution in [3.63, 3.8) is 0 Å². The van der Waals surface area contributed by atoms with Crippen LogP contribution < -0.4 is 20.1 Å². The van der Waals surface area contributed by atoms with Crippen molar-refractivity contribution in [3.05, 3.63) is 52.2 Å². The first-order chi connectivity index (χ1) is 17.7. The summed E-state index contributed by atoms with van der Waals surface area (Å²) in [5.41, 5.74) is 1.12. The molecule has 2 heterocycles. The molecule has 198 valence electrons. The van der Waals surface area contributed by atoms with Crippen LogP contribution in [-0.2, 0) is 10.0 Å². The minimum absolute atomic E-state index is 0.158. The van der Waals surface area contributed by atoms with Gasteiger partial charge in [0.1, 0.15) is 28.3 Å². The molecule has 0 amide bonds. The summed E-state index contributed by atoms with van der Waals surface area (Å²) in [5.74, 6) is 2.19. The van der Waals surface area contributed by atoms with E-state index in [1.807, 2.05) is 25.1 Å². The van der Waals surface area contributed by atoms with Crippen molar-refractivity contribution in [1.82, 2.24) is 19.2 Å². The fourth-order valence-electron chi connectivity index (χ4n) is 3.89. The normalized spacial score (nSPS) is 16.1. The summed E-state index contributed by atoms with van der Waals surface area (Å²) >= 11 is 2.11. The number of ether oxygens (including phenoxy) is 2. The van der Waals surface area contributed by atoms with Gasteiger partial charge in [0.15, 0.2) is 0 Å². The maximum Gasteiger partial charge on any atom is 0.244 e. The number of aromatic nitrogens is 2. The van der Waals surface area contributed by atoms with Gasteiger partial charge in [-0.15, -0.1) is 0 Å². The standard InChI is InChI=1S/C25H31IN6O4S/c1-5-35-22-14-17(36-18-12-13-32(4)16-18)10-11-20(22)29-25-27-15-19(26)24(30-25)28-21-8-6-7-9-23(21)37(33,34)31(2)3/h6-11,14-15,18H,5,12-13,16H2,1-4H3,(H2,27,28,29,30)/t18-/m1/s1. The number of anilines is 4. The molecule has 0 saturated carbocycles. The summed E-state index contributed by atoms with van der Waals surface area (Å²) in [6.07, 6.45) is 2.81. The fourth-order valence-corrected chi connectivity index (χ4v) is 5.33. The zero-order valence-electron chi connectivity index (χ0n) is 21.2. The summed E-state index contributed by atoms with van der Waals surface area (Å²) in [7, 11) is 1.44. The molecule has 1 fully saturated rings. The lowest BCUT2D eigenvalue weighted by Gasteiger charge is -2.18. The van der Waals surface area contributed by atoms with E-state index in [1.54, 1.807) is 30.5 Å². The number of likely N-dealkylation sites (N-methyl/N-ethyl adjacent to an activating group) is 1. The van der Waals surface area contributed by atoms with Crippen LogP contribution in [0.4, 0.5) is 23.1 Å². The van der Waals surface area contributed by atoms with E-state index < -0.39 is 10.0 Å². The van der Waals surface area contributed by atoms with Gasteiger partial charge in [-0.3, -0.25) is 0 Å². The molecule has 1 saturated heterocycles. The van der Waals surface area contributed by atoms with Gasteiger partial charge in [-0.25, -0.2) is 17.7 Å². The number of rotatable bonds is 10. The topological polar surface area (TPSA) is 109 Å². The van der Waals surface area contributed by atoms with Crippen molar-refractivity contribution in [3.8, 4) is 11.5 Å². The van der Waals surface area contributed by atoms with E-state index in [2.05, 4.69) is 55.1 Å². The second-order valence-electron chi connectivity index (χ2n) is 8.81. The predicted molar refractivity (Wildman–Crippen MR) is 153 cm³/mol. The predicted octanol–water partition coefficient (Wildman–Crippen LogP) is 4.30. The van der Waals surface area contributed by atoms with Gasteiger partial charge >= 0.3 is 0 Å². The van der Waals surface area contributed by atoms with Gasteiger partial charge in [0, 0.05) is 39.4 Å². The van der Waals surface area contributed by atoms with Crippen LogP contribution in [0, 0.1) is 3.57 Å². The highest BCUT2D eigenvalue weighted by Crippen LogP contribution is 2.33. The summed E-state index contributed by atoms with van der Waals surface area (Å²) in [6, 6.07) is 12.4. The Kier molecular flexibility index (Phi) is 8.72. The number of para-hydroxylation sites is 1. The lowest BCUT2D eigenvalue weighted by molar-refractivity contribution is 0.207. The van der Waals surface area contributed by atoms with Crippen LogP contribution in [0.25, 0.3) is 0 Å². The van der Waals surface area contributed by atoms with Crippen molar-refractivity contribution in [2.75, 3.05) is 51.5 Å². The molecule has 37 heavy (non-hydrogen) atoms. The maximum absolute atomic E-state index is 12.8. The second kappa shape index (κ2) is 11.8. The van der Waals surface area contributed by atoms with Crippen molar-refractivity contribution in [2.24, 2.45) is 0 Å². The molecule has 10 nitrogen and oxygen atoms in total. The highest BCUT2D eigenvalue weighted by molar-refractivity contribution is 14.1. The van der Waals surface area contributed by atoms with E-state index in [-0.39, 0.29) is 11.0 Å². The van der Waals surface area contributed by atoms with Gasteiger partial charge in [0.2, 0.25) is 16.0 Å². The molecule has 0 bridgehead atoms. The van der Waals surface area contributed by atoms with Crippen LogP contribution >= 0.6 is 22.6 Å². The molecule has 0 radical (unpaired) electrons. The Bertz CT molecular complexity index is 1350. The van der Waals surface area contributed by atoms with Gasteiger partial charge in [-0.05, 0) is 67.2 Å². The Morgan fingerprint density at radius 1 is 1.16 bits per heavy atom. The Morgan fingerprint density at radius 3 is 2.65 bits per heavy atom. The lowest BCUT2D eigenvalue weighted by atomic mass is 10.2. The number of hydrogen-bond donors (Lipinski definition) is 2. The van der Waals surface area contributed by atoms with E-state index in [0.29, 0.717) is 35.5 Å². The Morgan fingerprint density at radius 2 is 1.95 bits per heavy atom. The van der Waals surface area contributed by atoms with Crippen LogP contribution in [-0.4, -0.2) is 74.5 Å². The largest absolute Gasteiger partial charge is 0.492 e. The molecule has 1 aromatic heterocycles. The number of likely N-dealkylation sites (tertiary alicyclic amines) is 1. The molecule has 4 rings (SSSR count). The molecule has 1 aliphatic heterocycles. The van der Waals surface area contributed by atoms with Gasteiger partial charge in [0.25, 0.3) is 0 Å². The van der Waals surface area contributed by atoms with E-state index in [9.17, 15) is 8.42 Å². The van der Waals surface area contributed by atoms with Crippen molar-refractivity contribution in [2.45, 2.75) is 24.3 Å². The first kappa shape index (κ1) is 27.4. The third-order valence-electron chi connectivity index (χ3n) is 5.79. The van der Waals surface area contributed by atoms with Crippen molar-refractivity contribution >= 4 is 55.8 Å². The second-order valence-corrected chi connectivity index (χ2v) is 12.1. The van der Waals surface area contributed by atoms with Gasteiger partial charge in [-0.2, -0.15) is 4.98 Å². The highest BCUT2D eigenvalue weighted by Gasteiger charge is 2.23. The monoisotopic (exact) mass is 638 g/mol. The van der Waals surface area contributed by atoms with Crippen LogP contribution in [0.15, 0.2) is 53.6 Å². The first-order valence-corrected chi connectivity index (χ1v) is 14.4. The van der Waals surface area contributed by atoms with E-state index >= 15 is 0 Å². The zero-order chi connectivity index (χ0) is 26.6. The van der Waals surface area contributed by atoms with E-state index in [0.717, 1.165) is 28.8 Å². The average molecular weight is 639 g/mol. The summed E-state index contributed by atoms with van der Waals surface area (Å²) < 4.78 is 39.5. The summed E-state index contributed by atoms with van der Waals surface area (Å²) in [4.78, 5) is 11.4. The number of benzene rings is 2. The Hall–Kier alpha value is -2.68. The Labute approximate surface area is 231 Å². The van der Waals surface area contributed by atoms with E-state index in [4.69, 9.17) is 9.47 Å². The molecular weight excluding hydrogens is 607 g/mol. The SMILES string of the molecule is CCOc1cc(O[C@@H]2CCN(C)C2)ccc1Nc1ncc(I)c(Nc2ccccc2S(=O)(=O)N(C)C)n1. The summed E-state index contributed by atoms with van der Waals surface area (Å²) in [5, 5.41) is 6.38. The van der Waals surface area contributed by atoms with Crippen molar-refractivity contribution in [1.29, 1.82) is 0 Å². The number of hydrogen-bond acceptors (Lipinski definition) is 9. The molecule has 0 unspecified atom stereocenters. The van der Waals surface area contributed by atoms with Crippen LogP contribution in [0.2, 0.25) is 0 Å². The molecule has 2 aromatic carbocycles. The van der Waals surface area contributed by atoms with E-state index in [1.165, 1.54) is 18.4 Å². The minimum Gasteiger partial charge on any atom is -0.492 e. The third-order valence-corrected chi connectivity index (χ3v) is 8.46. The lowest BCUT2D eigenvalue weighted by Crippen LogP contribution is -2.23. The van der Waals surface area contributed by atoms with Crippen molar-refractivity contribution < 1.29 is 17.9 Å². The zero-order valence-corrected chi connectivity index (χ0v) is 24.2. The number of nitrogens with zero attached hydrogens (tertiary/aromatic N) is 4. The molecule has 3 aromatic rings. The molecule has 12 heteroatoms. The van der Waals surface area contributed by atoms with Crippen LogP contribution in [0.5, 0.6) is 11.5 Å². The third kappa shape index (κ3) is 6.61. The smallest absolute Gasteiger partial charge is 0.244 e. The number of sulfonamides is 1. The maximum atomic E-state index is 12.8. The molecule has 1 aliphatic rings. The minimum atomic E-state index is -3.65. The quantitative estimate of drug-likeness (QED) is 0.315. The van der Waals surface area contributed by atoms with Crippen LogP contribution in [0.3, 0.4) is 0 Å². The number of halogens is 1. The molecule has 2 N–H and O–H groups in total. The fraction of sp³-hybridized carbons (Fsp3) is 0.360. The summed E-state index contributed by atoms with van der Waals surface area (Å²) in [6.45, 7) is 4.33. The average Bonchev–Trinajstić information content (AvgIpc) is 3.27. The first-order valence-electron chi connectivity index (χ1n) is 11.9. The van der Waals surface area contributed by atoms with Crippen LogP contribution in [0.1, 0.15) is 13.3 Å². The van der Waals surface area contributed by atoms with Gasteiger partial charge < -0.3 is 25.0 Å². The molecule has 0 aliphatic carbocycles. The molecule has 1 atom stereocenters. The van der Waals surface area contributed by atoms with Gasteiger partial charge in [-0.1, -0.05) is 12.1 Å². The van der Waals surface area contributed by atoms with Gasteiger partial charge in [0.05, 0.1) is 21.6 Å². The number of nitrogens with one attached hydrogen (secondary N) is 2. The molecule has 0 spiro atoms. The Balaban J connectivity index is 1.57. The molecular formula is C25H31IN6O4S.